The van der Waals surface area contributed by atoms with Crippen molar-refractivity contribution in [3.05, 3.63) is 5.82 Å². The Morgan fingerprint density at radius 2 is 2.58 bits per heavy atom. The lowest BCUT2D eigenvalue weighted by Crippen LogP contribution is -2.14. The third-order valence-electron chi connectivity index (χ3n) is 1.05. The van der Waals surface area contributed by atoms with Gasteiger partial charge in [0.05, 0.1) is 5.75 Å². The molecule has 7 heteroatoms. The van der Waals surface area contributed by atoms with Crippen LogP contribution in [-0.2, 0) is 0 Å². The molecule has 0 aromatic carbocycles. The van der Waals surface area contributed by atoms with Gasteiger partial charge in [0.1, 0.15) is 11.7 Å². The maximum absolute atomic E-state index is 8.22. The van der Waals surface area contributed by atoms with Gasteiger partial charge in [0.15, 0.2) is 0 Å². The van der Waals surface area contributed by atoms with Gasteiger partial charge in [0.2, 0.25) is 5.16 Å². The number of nitrogens with one attached hydrogen (secondary N) is 1. The van der Waals surface area contributed by atoms with Gasteiger partial charge in [-0.2, -0.15) is 0 Å². The zero-order chi connectivity index (χ0) is 8.97. The van der Waals surface area contributed by atoms with Gasteiger partial charge in [-0.1, -0.05) is 16.9 Å². The lowest BCUT2D eigenvalue weighted by Gasteiger charge is -1.92. The van der Waals surface area contributed by atoms with Crippen LogP contribution < -0.4 is 5.73 Å². The molecule has 6 nitrogen and oxygen atoms in total. The first-order valence-electron chi connectivity index (χ1n) is 3.20. The minimum atomic E-state index is 0.155. The number of hydrogen-bond acceptors (Lipinski definition) is 5. The van der Waals surface area contributed by atoms with Crippen molar-refractivity contribution >= 4 is 17.6 Å². The predicted octanol–water partition coefficient (Wildman–Crippen LogP) is -0.0484. The Balaban J connectivity index is 2.43. The summed E-state index contributed by atoms with van der Waals surface area (Å²) < 4.78 is 0. The van der Waals surface area contributed by atoms with Gasteiger partial charge >= 0.3 is 0 Å². The fourth-order valence-electron chi connectivity index (χ4n) is 0.554. The van der Waals surface area contributed by atoms with Crippen molar-refractivity contribution in [2.24, 2.45) is 10.9 Å². The van der Waals surface area contributed by atoms with E-state index in [1.54, 1.807) is 6.92 Å². The molecule has 0 amide bonds. The predicted molar refractivity (Wildman–Crippen MR) is 45.3 cm³/mol. The first-order valence-corrected chi connectivity index (χ1v) is 4.19. The number of nitrogens with zero attached hydrogens (tertiary/aromatic N) is 3. The van der Waals surface area contributed by atoms with E-state index >= 15 is 0 Å². The largest absolute Gasteiger partial charge is 0.409 e. The van der Waals surface area contributed by atoms with E-state index in [0.717, 1.165) is 5.82 Å². The van der Waals surface area contributed by atoms with Gasteiger partial charge in [-0.3, -0.25) is 5.10 Å². The Kier molecular flexibility index (Phi) is 2.92. The molecule has 0 spiro atoms. The summed E-state index contributed by atoms with van der Waals surface area (Å²) in [5.41, 5.74) is 5.24. The third-order valence-corrected chi connectivity index (χ3v) is 1.94. The maximum atomic E-state index is 8.22. The molecule has 0 bridgehead atoms. The smallest absolute Gasteiger partial charge is 0.208 e. The number of nitrogens with two attached hydrogens (primary N) is 1. The molecule has 1 aromatic heterocycles. The van der Waals surface area contributed by atoms with E-state index < -0.39 is 0 Å². The number of oxime groups is 1. The number of amidine groups is 1. The van der Waals surface area contributed by atoms with Crippen molar-refractivity contribution in [1.29, 1.82) is 0 Å². The van der Waals surface area contributed by atoms with E-state index in [2.05, 4.69) is 20.3 Å². The summed E-state index contributed by atoms with van der Waals surface area (Å²) >= 11 is 1.30. The Morgan fingerprint density at radius 1 is 1.83 bits per heavy atom. The Morgan fingerprint density at radius 3 is 3.08 bits per heavy atom. The number of H-pyrrole nitrogens is 1. The minimum absolute atomic E-state index is 0.155. The molecular weight excluding hydrogens is 178 g/mol. The third kappa shape index (κ3) is 2.42. The molecule has 0 fully saturated rings. The van der Waals surface area contributed by atoms with E-state index in [9.17, 15) is 0 Å². The van der Waals surface area contributed by atoms with Crippen molar-refractivity contribution in [3.8, 4) is 0 Å². The SMILES string of the molecule is Cc1nc(SC/C(N)=N/O)n[nH]1. The number of thioether (sulfide) groups is 1. The van der Waals surface area contributed by atoms with Crippen LogP contribution in [0.4, 0.5) is 0 Å². The summed E-state index contributed by atoms with van der Waals surface area (Å²) in [7, 11) is 0. The summed E-state index contributed by atoms with van der Waals surface area (Å²) in [6.45, 7) is 1.81. The first-order chi connectivity index (χ1) is 5.72. The summed E-state index contributed by atoms with van der Waals surface area (Å²) in [6, 6.07) is 0. The van der Waals surface area contributed by atoms with Gasteiger partial charge in [-0.15, -0.1) is 5.10 Å². The molecule has 66 valence electrons. The number of aromatic amines is 1. The quantitative estimate of drug-likeness (QED) is 0.202. The highest BCUT2D eigenvalue weighted by molar-refractivity contribution is 7.99. The van der Waals surface area contributed by atoms with Gasteiger partial charge in [-0.25, -0.2) is 4.98 Å². The Labute approximate surface area is 73.2 Å². The van der Waals surface area contributed by atoms with Crippen LogP contribution in [0.15, 0.2) is 10.3 Å². The van der Waals surface area contributed by atoms with E-state index in [4.69, 9.17) is 10.9 Å². The van der Waals surface area contributed by atoms with E-state index in [-0.39, 0.29) is 5.84 Å². The summed E-state index contributed by atoms with van der Waals surface area (Å²) in [5.74, 6) is 1.29. The average Bonchev–Trinajstić information content (AvgIpc) is 2.47. The van der Waals surface area contributed by atoms with Crippen molar-refractivity contribution in [2.45, 2.75) is 12.1 Å². The average molecular weight is 187 g/mol. The second kappa shape index (κ2) is 3.96. The van der Waals surface area contributed by atoms with Crippen LogP contribution in [0.1, 0.15) is 5.82 Å². The lowest BCUT2D eigenvalue weighted by atomic mass is 10.7. The monoisotopic (exact) mass is 187 g/mol. The lowest BCUT2D eigenvalue weighted by molar-refractivity contribution is 0.318. The zero-order valence-corrected chi connectivity index (χ0v) is 7.30. The molecule has 0 unspecified atom stereocenters. The standard InChI is InChI=1S/C5H9N5OS/c1-3-7-5(9-8-3)12-2-4(6)10-11/h11H,2H2,1H3,(H2,6,10)(H,7,8,9). The molecule has 0 aliphatic carbocycles. The van der Waals surface area contributed by atoms with Gasteiger partial charge < -0.3 is 10.9 Å². The molecule has 1 rings (SSSR count). The normalized spacial score (nSPS) is 11.9. The van der Waals surface area contributed by atoms with Crippen LogP contribution in [0.3, 0.4) is 0 Å². The van der Waals surface area contributed by atoms with Crippen LogP contribution in [0.25, 0.3) is 0 Å². The Bertz CT molecular complexity index is 283. The zero-order valence-electron chi connectivity index (χ0n) is 6.48. The number of aromatic nitrogens is 3. The highest BCUT2D eigenvalue weighted by Crippen LogP contribution is 2.10. The van der Waals surface area contributed by atoms with Gasteiger partial charge in [0, 0.05) is 0 Å². The van der Waals surface area contributed by atoms with E-state index in [1.165, 1.54) is 11.8 Å². The van der Waals surface area contributed by atoms with Crippen LogP contribution >= 0.6 is 11.8 Å². The topological polar surface area (TPSA) is 100 Å². The summed E-state index contributed by atoms with van der Waals surface area (Å²) in [6.07, 6.45) is 0. The van der Waals surface area contributed by atoms with Crippen LogP contribution in [0.2, 0.25) is 0 Å². The van der Waals surface area contributed by atoms with Crippen molar-refractivity contribution in [3.63, 3.8) is 0 Å². The number of hydrogen-bond donors (Lipinski definition) is 3. The highest BCUT2D eigenvalue weighted by atomic mass is 32.2. The highest BCUT2D eigenvalue weighted by Gasteiger charge is 2.01. The molecule has 0 atom stereocenters. The molecule has 12 heavy (non-hydrogen) atoms. The second-order valence-electron chi connectivity index (χ2n) is 2.08. The van der Waals surface area contributed by atoms with Crippen molar-refractivity contribution in [2.75, 3.05) is 5.75 Å². The maximum Gasteiger partial charge on any atom is 0.208 e. The molecule has 1 aromatic rings. The van der Waals surface area contributed by atoms with E-state index in [0.29, 0.717) is 10.9 Å². The fraction of sp³-hybridized carbons (Fsp3) is 0.400. The molecular formula is C5H9N5OS. The molecule has 4 N–H and O–H groups in total. The van der Waals surface area contributed by atoms with E-state index in [1.807, 2.05) is 0 Å². The molecule has 0 saturated carbocycles. The number of rotatable bonds is 3. The fourth-order valence-corrected chi connectivity index (χ4v) is 1.20. The van der Waals surface area contributed by atoms with Crippen LogP contribution in [0.5, 0.6) is 0 Å². The first kappa shape index (κ1) is 8.85. The van der Waals surface area contributed by atoms with Gasteiger partial charge in [-0.05, 0) is 6.92 Å². The Hall–Kier alpha value is -1.24. The summed E-state index contributed by atoms with van der Waals surface area (Å²) in [4.78, 5) is 4.02. The molecule has 0 aliphatic heterocycles. The van der Waals surface area contributed by atoms with Crippen LogP contribution in [0, 0.1) is 6.92 Å². The van der Waals surface area contributed by atoms with Crippen molar-refractivity contribution < 1.29 is 5.21 Å². The minimum Gasteiger partial charge on any atom is -0.409 e. The van der Waals surface area contributed by atoms with Crippen molar-refractivity contribution in [1.82, 2.24) is 15.2 Å². The van der Waals surface area contributed by atoms with Crippen LogP contribution in [-0.4, -0.2) is 32.0 Å². The number of aryl methyl sites for hydroxylation is 1. The molecule has 0 radical (unpaired) electrons. The second-order valence-corrected chi connectivity index (χ2v) is 3.03. The molecule has 0 aliphatic rings. The van der Waals surface area contributed by atoms with Gasteiger partial charge in [0.25, 0.3) is 0 Å². The molecule has 0 saturated heterocycles. The molecule has 1 heterocycles. The summed E-state index contributed by atoms with van der Waals surface area (Å²) in [5, 5.41) is 18.2.